The van der Waals surface area contributed by atoms with Crippen molar-refractivity contribution in [2.45, 2.75) is 0 Å². The third kappa shape index (κ3) is 4.02. The molecule has 1 heterocycles. The lowest BCUT2D eigenvalue weighted by Gasteiger charge is -2.25. The van der Waals surface area contributed by atoms with Crippen LogP contribution in [0.2, 0.25) is 0 Å². The van der Waals surface area contributed by atoms with E-state index in [1.165, 1.54) is 0 Å². The maximum absolute atomic E-state index is 12.3. The van der Waals surface area contributed by atoms with E-state index >= 15 is 0 Å². The standard InChI is InChI=1S/C18H20N2O3/c1-19-15-7-5-14(6-8-15)18(21)20-16-3-2-4-17(9-16)23-12-13-10-22-11-13/h2-9,13,19H,10-12H2,1H3,(H,20,21). The molecule has 5 nitrogen and oxygen atoms in total. The molecule has 1 fully saturated rings. The van der Waals surface area contributed by atoms with Crippen LogP contribution in [0.3, 0.4) is 0 Å². The van der Waals surface area contributed by atoms with E-state index in [2.05, 4.69) is 10.6 Å². The Balaban J connectivity index is 1.60. The quantitative estimate of drug-likeness (QED) is 0.861. The number of anilines is 2. The summed E-state index contributed by atoms with van der Waals surface area (Å²) in [5.41, 5.74) is 2.30. The minimum Gasteiger partial charge on any atom is -0.493 e. The van der Waals surface area contributed by atoms with E-state index in [-0.39, 0.29) is 5.91 Å². The van der Waals surface area contributed by atoms with Gasteiger partial charge < -0.3 is 20.1 Å². The first-order valence-electron chi connectivity index (χ1n) is 7.64. The van der Waals surface area contributed by atoms with Gasteiger partial charge in [0.05, 0.1) is 19.8 Å². The highest BCUT2D eigenvalue weighted by Gasteiger charge is 2.18. The van der Waals surface area contributed by atoms with E-state index in [0.717, 1.165) is 30.3 Å². The van der Waals surface area contributed by atoms with Crippen molar-refractivity contribution in [2.24, 2.45) is 5.92 Å². The van der Waals surface area contributed by atoms with Gasteiger partial charge in [-0.1, -0.05) is 6.07 Å². The van der Waals surface area contributed by atoms with Crippen LogP contribution in [0.15, 0.2) is 48.5 Å². The molecule has 0 saturated carbocycles. The first-order valence-corrected chi connectivity index (χ1v) is 7.64. The van der Waals surface area contributed by atoms with Crippen LogP contribution in [0.5, 0.6) is 5.75 Å². The zero-order chi connectivity index (χ0) is 16.1. The lowest BCUT2D eigenvalue weighted by molar-refractivity contribution is -0.0508. The summed E-state index contributed by atoms with van der Waals surface area (Å²) in [6.45, 7) is 2.17. The third-order valence-corrected chi connectivity index (χ3v) is 3.72. The fourth-order valence-electron chi connectivity index (χ4n) is 2.25. The minimum atomic E-state index is -0.141. The van der Waals surface area contributed by atoms with Gasteiger partial charge in [-0.2, -0.15) is 0 Å². The van der Waals surface area contributed by atoms with Crippen LogP contribution < -0.4 is 15.4 Å². The maximum Gasteiger partial charge on any atom is 0.255 e. The minimum absolute atomic E-state index is 0.141. The number of carbonyl (C=O) groups excluding carboxylic acids is 1. The van der Waals surface area contributed by atoms with E-state index in [9.17, 15) is 4.79 Å². The molecule has 2 aromatic rings. The Morgan fingerprint density at radius 1 is 1.17 bits per heavy atom. The normalized spacial score (nSPS) is 14.0. The van der Waals surface area contributed by atoms with Crippen LogP contribution in [-0.4, -0.2) is 32.8 Å². The molecule has 0 atom stereocenters. The highest BCUT2D eigenvalue weighted by Crippen LogP contribution is 2.20. The molecule has 1 saturated heterocycles. The zero-order valence-electron chi connectivity index (χ0n) is 13.0. The zero-order valence-corrected chi connectivity index (χ0v) is 13.0. The molecule has 0 aromatic heterocycles. The molecule has 0 bridgehead atoms. The fourth-order valence-corrected chi connectivity index (χ4v) is 2.25. The molecule has 2 N–H and O–H groups in total. The van der Waals surface area contributed by atoms with Gasteiger partial charge in [-0.25, -0.2) is 0 Å². The largest absolute Gasteiger partial charge is 0.493 e. The lowest BCUT2D eigenvalue weighted by atomic mass is 10.1. The number of amides is 1. The summed E-state index contributed by atoms with van der Waals surface area (Å²) in [5.74, 6) is 1.08. The predicted molar refractivity (Wildman–Crippen MR) is 90.2 cm³/mol. The van der Waals surface area contributed by atoms with E-state index in [1.54, 1.807) is 12.1 Å². The first-order chi connectivity index (χ1) is 11.2. The van der Waals surface area contributed by atoms with Gasteiger partial charge in [0.2, 0.25) is 0 Å². The van der Waals surface area contributed by atoms with Crippen molar-refractivity contribution in [1.82, 2.24) is 0 Å². The van der Waals surface area contributed by atoms with Gasteiger partial charge in [-0.3, -0.25) is 4.79 Å². The summed E-state index contributed by atoms with van der Waals surface area (Å²) in [5, 5.41) is 5.91. The summed E-state index contributed by atoms with van der Waals surface area (Å²) in [4.78, 5) is 12.3. The molecule has 0 spiro atoms. The van der Waals surface area contributed by atoms with Gasteiger partial charge in [0, 0.05) is 36.0 Å². The summed E-state index contributed by atoms with van der Waals surface area (Å²) in [6, 6.07) is 14.8. The van der Waals surface area contributed by atoms with Crippen molar-refractivity contribution in [3.8, 4) is 5.75 Å². The average Bonchev–Trinajstić information content (AvgIpc) is 2.54. The number of hydrogen-bond acceptors (Lipinski definition) is 4. The van der Waals surface area contributed by atoms with Crippen LogP contribution in [0.1, 0.15) is 10.4 Å². The molecule has 1 aliphatic heterocycles. The summed E-state index contributed by atoms with van der Waals surface area (Å²) >= 11 is 0. The Hall–Kier alpha value is -2.53. The van der Waals surface area contributed by atoms with Crippen LogP contribution in [0, 0.1) is 5.92 Å². The summed E-state index contributed by atoms with van der Waals surface area (Å²) in [7, 11) is 1.84. The molecule has 23 heavy (non-hydrogen) atoms. The van der Waals surface area contributed by atoms with Gasteiger partial charge in [0.15, 0.2) is 0 Å². The van der Waals surface area contributed by atoms with Crippen molar-refractivity contribution < 1.29 is 14.3 Å². The topological polar surface area (TPSA) is 59.6 Å². The van der Waals surface area contributed by atoms with E-state index < -0.39 is 0 Å². The van der Waals surface area contributed by atoms with Gasteiger partial charge in [0.1, 0.15) is 5.75 Å². The molecule has 0 radical (unpaired) electrons. The Labute approximate surface area is 135 Å². The molecule has 1 amide bonds. The second kappa shape index (κ2) is 7.15. The Morgan fingerprint density at radius 2 is 1.96 bits per heavy atom. The molecule has 0 unspecified atom stereocenters. The number of ether oxygens (including phenoxy) is 2. The Kier molecular flexibility index (Phi) is 4.78. The van der Waals surface area contributed by atoms with Crippen molar-refractivity contribution in [3.05, 3.63) is 54.1 Å². The Morgan fingerprint density at radius 3 is 2.61 bits per heavy atom. The number of benzene rings is 2. The highest BCUT2D eigenvalue weighted by molar-refractivity contribution is 6.04. The number of nitrogens with one attached hydrogen (secondary N) is 2. The Bertz CT molecular complexity index is 666. The predicted octanol–water partition coefficient (Wildman–Crippen LogP) is 3.01. The molecule has 5 heteroatoms. The molecule has 2 aromatic carbocycles. The molecular formula is C18H20N2O3. The van der Waals surface area contributed by atoms with E-state index in [0.29, 0.717) is 18.1 Å². The van der Waals surface area contributed by atoms with Crippen LogP contribution >= 0.6 is 0 Å². The molecular weight excluding hydrogens is 292 g/mol. The molecule has 120 valence electrons. The van der Waals surface area contributed by atoms with Gasteiger partial charge in [-0.05, 0) is 36.4 Å². The maximum atomic E-state index is 12.3. The smallest absolute Gasteiger partial charge is 0.255 e. The number of hydrogen-bond donors (Lipinski definition) is 2. The second-order valence-corrected chi connectivity index (χ2v) is 5.52. The van der Waals surface area contributed by atoms with Crippen molar-refractivity contribution in [2.75, 3.05) is 37.5 Å². The number of carbonyl (C=O) groups is 1. The summed E-state index contributed by atoms with van der Waals surface area (Å²) in [6.07, 6.45) is 0. The SMILES string of the molecule is CNc1ccc(C(=O)Nc2cccc(OCC3COC3)c2)cc1. The monoisotopic (exact) mass is 312 g/mol. The van der Waals surface area contributed by atoms with Crippen LogP contribution in [0.4, 0.5) is 11.4 Å². The van der Waals surface area contributed by atoms with Crippen molar-refractivity contribution >= 4 is 17.3 Å². The van der Waals surface area contributed by atoms with Crippen LogP contribution in [0.25, 0.3) is 0 Å². The van der Waals surface area contributed by atoms with Gasteiger partial charge >= 0.3 is 0 Å². The van der Waals surface area contributed by atoms with E-state index in [1.807, 2.05) is 43.4 Å². The highest BCUT2D eigenvalue weighted by atomic mass is 16.5. The van der Waals surface area contributed by atoms with E-state index in [4.69, 9.17) is 9.47 Å². The number of rotatable bonds is 6. The molecule has 1 aliphatic rings. The molecule has 0 aliphatic carbocycles. The third-order valence-electron chi connectivity index (χ3n) is 3.72. The average molecular weight is 312 g/mol. The lowest BCUT2D eigenvalue weighted by Crippen LogP contribution is -2.32. The first kappa shape index (κ1) is 15.4. The summed E-state index contributed by atoms with van der Waals surface area (Å²) < 4.78 is 10.9. The van der Waals surface area contributed by atoms with Gasteiger partial charge in [0.25, 0.3) is 5.91 Å². The van der Waals surface area contributed by atoms with Gasteiger partial charge in [-0.15, -0.1) is 0 Å². The fraction of sp³-hybridized carbons (Fsp3) is 0.278. The van der Waals surface area contributed by atoms with Crippen LogP contribution in [-0.2, 0) is 4.74 Å². The van der Waals surface area contributed by atoms with Crippen molar-refractivity contribution in [1.29, 1.82) is 0 Å². The molecule has 3 rings (SSSR count). The second-order valence-electron chi connectivity index (χ2n) is 5.52. The van der Waals surface area contributed by atoms with Crippen molar-refractivity contribution in [3.63, 3.8) is 0 Å².